The molecule has 2 N–H and O–H groups in total. The Labute approximate surface area is 136 Å². The lowest BCUT2D eigenvalue weighted by molar-refractivity contribution is -0.393. The average molecular weight is 330 g/mol. The summed E-state index contributed by atoms with van der Waals surface area (Å²) < 4.78 is 0. The molecule has 0 heterocycles. The van der Waals surface area contributed by atoms with Crippen LogP contribution in [0.5, 0.6) is 0 Å². The molecule has 124 valence electrons. The van der Waals surface area contributed by atoms with E-state index in [0.29, 0.717) is 5.69 Å². The van der Waals surface area contributed by atoms with Gasteiger partial charge in [0.15, 0.2) is 0 Å². The molecule has 0 unspecified atom stereocenters. The van der Waals surface area contributed by atoms with Crippen molar-refractivity contribution in [3.63, 3.8) is 0 Å². The molecule has 9 heteroatoms. The van der Waals surface area contributed by atoms with Crippen LogP contribution in [0.2, 0.25) is 0 Å². The summed E-state index contributed by atoms with van der Waals surface area (Å²) in [7, 11) is 1.55. The number of hydrogen-bond acceptors (Lipinski definition) is 6. The summed E-state index contributed by atoms with van der Waals surface area (Å²) in [5.41, 5.74) is 0.752. The van der Waals surface area contributed by atoms with Gasteiger partial charge in [0.2, 0.25) is 5.91 Å². The lowest BCUT2D eigenvalue weighted by atomic mass is 10.1. The number of likely N-dealkylation sites (N-methyl/N-ethyl adjacent to an activating group) is 1. The van der Waals surface area contributed by atoms with Crippen LogP contribution in [0.4, 0.5) is 22.7 Å². The zero-order valence-corrected chi connectivity index (χ0v) is 12.7. The lowest BCUT2D eigenvalue weighted by Gasteiger charge is -2.08. The van der Waals surface area contributed by atoms with Crippen LogP contribution < -0.4 is 10.6 Å². The predicted octanol–water partition coefficient (Wildman–Crippen LogP) is 2.54. The number of nitro benzene ring substituents is 2. The second-order valence-electron chi connectivity index (χ2n) is 4.89. The first-order chi connectivity index (χ1) is 11.4. The molecule has 2 aromatic rings. The van der Waals surface area contributed by atoms with Crippen molar-refractivity contribution in [1.82, 2.24) is 5.32 Å². The SMILES string of the molecule is CNC(=O)Cc1ccc(Nc2ccc([N+](=O)[O-])cc2[N+](=O)[O-])cc1. The quantitative estimate of drug-likeness (QED) is 0.619. The minimum Gasteiger partial charge on any atom is -0.359 e. The number of nitro groups is 2. The van der Waals surface area contributed by atoms with E-state index < -0.39 is 15.5 Å². The van der Waals surface area contributed by atoms with Crippen molar-refractivity contribution in [2.75, 3.05) is 12.4 Å². The molecule has 0 atom stereocenters. The van der Waals surface area contributed by atoms with E-state index >= 15 is 0 Å². The van der Waals surface area contributed by atoms with Crippen molar-refractivity contribution in [2.45, 2.75) is 6.42 Å². The highest BCUT2D eigenvalue weighted by molar-refractivity contribution is 5.78. The maximum absolute atomic E-state index is 11.3. The van der Waals surface area contributed by atoms with Crippen LogP contribution in [0.25, 0.3) is 0 Å². The van der Waals surface area contributed by atoms with Gasteiger partial charge in [-0.3, -0.25) is 25.0 Å². The molecule has 24 heavy (non-hydrogen) atoms. The van der Waals surface area contributed by atoms with E-state index in [1.54, 1.807) is 31.3 Å². The Morgan fingerprint density at radius 2 is 1.71 bits per heavy atom. The summed E-state index contributed by atoms with van der Waals surface area (Å²) in [5, 5.41) is 27.2. The maximum Gasteiger partial charge on any atom is 0.299 e. The van der Waals surface area contributed by atoms with Crippen LogP contribution in [0.3, 0.4) is 0 Å². The van der Waals surface area contributed by atoms with Crippen molar-refractivity contribution >= 4 is 28.7 Å². The van der Waals surface area contributed by atoms with Gasteiger partial charge in [-0.1, -0.05) is 12.1 Å². The predicted molar refractivity (Wildman–Crippen MR) is 87.2 cm³/mol. The summed E-state index contributed by atoms with van der Waals surface area (Å²) in [6.45, 7) is 0. The molecule has 0 fully saturated rings. The number of benzene rings is 2. The van der Waals surface area contributed by atoms with E-state index in [0.717, 1.165) is 11.6 Å². The zero-order chi connectivity index (χ0) is 17.7. The van der Waals surface area contributed by atoms with Crippen LogP contribution in [0.1, 0.15) is 5.56 Å². The van der Waals surface area contributed by atoms with Crippen LogP contribution in [0, 0.1) is 20.2 Å². The Bertz CT molecular complexity index is 789. The molecule has 9 nitrogen and oxygen atoms in total. The van der Waals surface area contributed by atoms with Gasteiger partial charge in [-0.15, -0.1) is 0 Å². The van der Waals surface area contributed by atoms with Gasteiger partial charge in [-0.2, -0.15) is 0 Å². The smallest absolute Gasteiger partial charge is 0.299 e. The molecule has 0 aliphatic carbocycles. The number of hydrogen-bond donors (Lipinski definition) is 2. The Balaban J connectivity index is 2.23. The maximum atomic E-state index is 11.3. The molecule has 2 aromatic carbocycles. The first kappa shape index (κ1) is 16.9. The van der Waals surface area contributed by atoms with E-state index in [1.165, 1.54) is 12.1 Å². The van der Waals surface area contributed by atoms with Gasteiger partial charge in [-0.25, -0.2) is 0 Å². The van der Waals surface area contributed by atoms with Gasteiger partial charge in [0, 0.05) is 18.8 Å². The van der Waals surface area contributed by atoms with Crippen molar-refractivity contribution in [3.8, 4) is 0 Å². The number of amides is 1. The number of carbonyl (C=O) groups excluding carboxylic acids is 1. The molecule has 0 spiro atoms. The lowest BCUT2D eigenvalue weighted by Crippen LogP contribution is -2.19. The molecule has 0 radical (unpaired) electrons. The molecule has 0 aromatic heterocycles. The Morgan fingerprint density at radius 1 is 1.04 bits per heavy atom. The highest BCUT2D eigenvalue weighted by Crippen LogP contribution is 2.31. The third-order valence-electron chi connectivity index (χ3n) is 3.27. The molecule has 0 saturated heterocycles. The summed E-state index contributed by atoms with van der Waals surface area (Å²) in [6.07, 6.45) is 0.231. The standard InChI is InChI=1S/C15H14N4O5/c1-16-15(20)8-10-2-4-11(5-3-10)17-13-7-6-12(18(21)22)9-14(13)19(23)24/h2-7,9,17H,8H2,1H3,(H,16,20). The molecule has 0 bridgehead atoms. The van der Waals surface area contributed by atoms with Crippen LogP contribution in [0.15, 0.2) is 42.5 Å². The Kier molecular flexibility index (Phi) is 5.05. The van der Waals surface area contributed by atoms with Gasteiger partial charge in [0.25, 0.3) is 11.4 Å². The van der Waals surface area contributed by atoms with Crippen LogP contribution in [-0.4, -0.2) is 22.8 Å². The van der Waals surface area contributed by atoms with Crippen LogP contribution >= 0.6 is 0 Å². The highest BCUT2D eigenvalue weighted by Gasteiger charge is 2.19. The van der Waals surface area contributed by atoms with Crippen molar-refractivity contribution in [2.24, 2.45) is 0 Å². The van der Waals surface area contributed by atoms with E-state index in [2.05, 4.69) is 10.6 Å². The third kappa shape index (κ3) is 4.03. The number of nitrogens with zero attached hydrogens (tertiary/aromatic N) is 2. The minimum absolute atomic E-state index is 0.123. The minimum atomic E-state index is -0.690. The van der Waals surface area contributed by atoms with Gasteiger partial charge < -0.3 is 10.6 Å². The molecular weight excluding hydrogens is 316 g/mol. The summed E-state index contributed by atoms with van der Waals surface area (Å²) >= 11 is 0. The number of non-ortho nitro benzene ring substituents is 1. The molecular formula is C15H14N4O5. The number of anilines is 2. The normalized spacial score (nSPS) is 10.0. The first-order valence-corrected chi connectivity index (χ1v) is 6.90. The monoisotopic (exact) mass is 330 g/mol. The van der Waals surface area contributed by atoms with Gasteiger partial charge in [-0.05, 0) is 23.8 Å². The zero-order valence-electron chi connectivity index (χ0n) is 12.7. The van der Waals surface area contributed by atoms with Crippen molar-refractivity contribution in [3.05, 3.63) is 68.3 Å². The number of rotatable bonds is 6. The number of carbonyl (C=O) groups is 1. The largest absolute Gasteiger partial charge is 0.359 e. The summed E-state index contributed by atoms with van der Waals surface area (Å²) in [6, 6.07) is 10.2. The Morgan fingerprint density at radius 3 is 2.25 bits per heavy atom. The van der Waals surface area contributed by atoms with E-state index in [9.17, 15) is 25.0 Å². The fraction of sp³-hybridized carbons (Fsp3) is 0.133. The second-order valence-corrected chi connectivity index (χ2v) is 4.89. The van der Waals surface area contributed by atoms with Crippen molar-refractivity contribution < 1.29 is 14.6 Å². The summed E-state index contributed by atoms with van der Waals surface area (Å²) in [5.74, 6) is -0.123. The Hall–Kier alpha value is -3.49. The molecule has 0 aliphatic heterocycles. The van der Waals surface area contributed by atoms with Gasteiger partial charge in [0.05, 0.1) is 22.3 Å². The van der Waals surface area contributed by atoms with Crippen molar-refractivity contribution in [1.29, 1.82) is 0 Å². The third-order valence-corrected chi connectivity index (χ3v) is 3.27. The first-order valence-electron chi connectivity index (χ1n) is 6.90. The van der Waals surface area contributed by atoms with E-state index in [-0.39, 0.29) is 23.7 Å². The van der Waals surface area contributed by atoms with Gasteiger partial charge >= 0.3 is 0 Å². The number of nitrogens with one attached hydrogen (secondary N) is 2. The average Bonchev–Trinajstić information content (AvgIpc) is 2.56. The fourth-order valence-electron chi connectivity index (χ4n) is 2.03. The van der Waals surface area contributed by atoms with E-state index in [1.807, 2.05) is 0 Å². The fourth-order valence-corrected chi connectivity index (χ4v) is 2.03. The van der Waals surface area contributed by atoms with E-state index in [4.69, 9.17) is 0 Å². The molecule has 0 aliphatic rings. The van der Waals surface area contributed by atoms with Gasteiger partial charge in [0.1, 0.15) is 5.69 Å². The van der Waals surface area contributed by atoms with Crippen LogP contribution in [-0.2, 0) is 11.2 Å². The summed E-state index contributed by atoms with van der Waals surface area (Å²) in [4.78, 5) is 31.8. The molecule has 1 amide bonds. The second kappa shape index (κ2) is 7.18. The molecule has 2 rings (SSSR count). The highest BCUT2D eigenvalue weighted by atomic mass is 16.6. The topological polar surface area (TPSA) is 127 Å². The molecule has 0 saturated carbocycles.